The van der Waals surface area contributed by atoms with Gasteiger partial charge in [-0.2, -0.15) is 5.26 Å². The normalized spacial score (nSPS) is 9.77. The molecule has 2 aromatic rings. The molecule has 0 aromatic heterocycles. The number of hydrogen-bond acceptors (Lipinski definition) is 2. The van der Waals surface area contributed by atoms with E-state index in [9.17, 15) is 0 Å². The lowest BCUT2D eigenvalue weighted by atomic mass is 10.1. The van der Waals surface area contributed by atoms with Crippen LogP contribution < -0.4 is 0 Å². The molecule has 62 valence electrons. The molecule has 2 rings (SSSR count). The van der Waals surface area contributed by atoms with Crippen LogP contribution in [0.2, 0.25) is 0 Å². The van der Waals surface area contributed by atoms with Crippen LogP contribution in [-0.2, 0) is 0 Å². The summed E-state index contributed by atoms with van der Waals surface area (Å²) in [6.07, 6.45) is 0. The van der Waals surface area contributed by atoms with Gasteiger partial charge in [-0.3, -0.25) is 0 Å². The van der Waals surface area contributed by atoms with E-state index in [0.29, 0.717) is 0 Å². The first-order valence-electron chi connectivity index (χ1n) is 3.95. The van der Waals surface area contributed by atoms with Gasteiger partial charge in [-0.1, -0.05) is 36.4 Å². The molecule has 0 bridgehead atoms. The van der Waals surface area contributed by atoms with E-state index in [2.05, 4.69) is 17.5 Å². The Bertz CT molecular complexity index is 465. The van der Waals surface area contributed by atoms with Crippen molar-refractivity contribution < 1.29 is 0 Å². The zero-order valence-corrected chi connectivity index (χ0v) is 7.71. The molecule has 13 heavy (non-hydrogen) atoms. The molecule has 0 aliphatic heterocycles. The minimum absolute atomic E-state index is 1.03. The summed E-state index contributed by atoms with van der Waals surface area (Å²) in [7, 11) is 0. The zero-order chi connectivity index (χ0) is 9.10. The molecular weight excluding hydrogens is 178 g/mol. The van der Waals surface area contributed by atoms with E-state index in [0.717, 1.165) is 10.3 Å². The predicted molar refractivity (Wildman–Crippen MR) is 55.4 cm³/mol. The van der Waals surface area contributed by atoms with Crippen molar-refractivity contribution >= 4 is 22.5 Å². The van der Waals surface area contributed by atoms with Gasteiger partial charge in [0.15, 0.2) is 0 Å². The minimum Gasteiger partial charge on any atom is -0.185 e. The molecule has 0 saturated carbocycles. The van der Waals surface area contributed by atoms with Crippen LogP contribution in [0.25, 0.3) is 10.8 Å². The van der Waals surface area contributed by atoms with Crippen molar-refractivity contribution in [2.75, 3.05) is 0 Å². The minimum atomic E-state index is 1.03. The molecule has 0 aliphatic carbocycles. The highest BCUT2D eigenvalue weighted by Crippen LogP contribution is 2.26. The first kappa shape index (κ1) is 8.15. The van der Waals surface area contributed by atoms with Crippen molar-refractivity contribution in [1.82, 2.24) is 0 Å². The van der Waals surface area contributed by atoms with Crippen molar-refractivity contribution in [3.8, 4) is 5.40 Å². The van der Waals surface area contributed by atoms with Crippen molar-refractivity contribution in [2.45, 2.75) is 4.90 Å². The van der Waals surface area contributed by atoms with Crippen molar-refractivity contribution in [3.05, 3.63) is 42.5 Å². The fourth-order valence-corrected chi connectivity index (χ4v) is 1.87. The van der Waals surface area contributed by atoms with Crippen LogP contribution in [0.3, 0.4) is 0 Å². The van der Waals surface area contributed by atoms with Gasteiger partial charge in [0.05, 0.1) is 0 Å². The summed E-state index contributed by atoms with van der Waals surface area (Å²) in [5.41, 5.74) is 0. The van der Waals surface area contributed by atoms with E-state index < -0.39 is 0 Å². The highest BCUT2D eigenvalue weighted by molar-refractivity contribution is 8.04. The number of hydrogen-bond donors (Lipinski definition) is 0. The van der Waals surface area contributed by atoms with Gasteiger partial charge < -0.3 is 0 Å². The van der Waals surface area contributed by atoms with Gasteiger partial charge in [0.2, 0.25) is 0 Å². The third-order valence-corrected chi connectivity index (χ3v) is 2.57. The Morgan fingerprint density at radius 1 is 1.00 bits per heavy atom. The maximum Gasteiger partial charge on any atom is 0.138 e. The van der Waals surface area contributed by atoms with E-state index in [-0.39, 0.29) is 0 Å². The first-order valence-corrected chi connectivity index (χ1v) is 4.77. The Labute approximate surface area is 81.0 Å². The third kappa shape index (κ3) is 1.51. The van der Waals surface area contributed by atoms with Crippen LogP contribution in [0.15, 0.2) is 47.4 Å². The van der Waals surface area contributed by atoms with Gasteiger partial charge in [-0.15, -0.1) is 0 Å². The van der Waals surface area contributed by atoms with Crippen LogP contribution in [0.5, 0.6) is 0 Å². The van der Waals surface area contributed by atoms with Gasteiger partial charge in [-0.05, 0) is 28.6 Å². The van der Waals surface area contributed by atoms with E-state index in [1.807, 2.05) is 30.3 Å². The summed E-state index contributed by atoms with van der Waals surface area (Å²) in [6.45, 7) is 0. The molecule has 0 atom stereocenters. The lowest BCUT2D eigenvalue weighted by Gasteiger charge is -2.00. The second-order valence-corrected chi connectivity index (χ2v) is 3.50. The number of thioether (sulfide) groups is 1. The molecule has 0 fully saturated rings. The Morgan fingerprint density at radius 2 is 1.77 bits per heavy atom. The van der Waals surface area contributed by atoms with Gasteiger partial charge in [-0.25, -0.2) is 0 Å². The van der Waals surface area contributed by atoms with Crippen LogP contribution >= 0.6 is 11.8 Å². The highest BCUT2D eigenvalue weighted by Gasteiger charge is 1.98. The average Bonchev–Trinajstić information content (AvgIpc) is 2.19. The van der Waals surface area contributed by atoms with E-state index in [4.69, 9.17) is 5.26 Å². The van der Waals surface area contributed by atoms with E-state index in [1.54, 1.807) is 0 Å². The maximum absolute atomic E-state index is 8.59. The number of fused-ring (bicyclic) bond motifs is 1. The third-order valence-electron chi connectivity index (χ3n) is 1.91. The summed E-state index contributed by atoms with van der Waals surface area (Å²) < 4.78 is 0. The molecule has 2 heteroatoms. The molecule has 0 saturated heterocycles. The number of nitrogens with zero attached hydrogens (tertiary/aromatic N) is 1. The van der Waals surface area contributed by atoms with E-state index in [1.165, 1.54) is 17.1 Å². The quantitative estimate of drug-likeness (QED) is 0.502. The summed E-state index contributed by atoms with van der Waals surface area (Å²) in [5, 5.41) is 13.0. The SMILES string of the molecule is N#CSc1cccc2ccccc12. The number of rotatable bonds is 1. The fraction of sp³-hybridized carbons (Fsp3) is 0. The second kappa shape index (κ2) is 3.51. The van der Waals surface area contributed by atoms with Crippen LogP contribution in [-0.4, -0.2) is 0 Å². The van der Waals surface area contributed by atoms with Gasteiger partial charge in [0.25, 0.3) is 0 Å². The standard InChI is InChI=1S/C11H7NS/c12-8-13-11-7-3-5-9-4-1-2-6-10(9)11/h1-7H. The Balaban J connectivity index is 2.70. The van der Waals surface area contributed by atoms with Crippen molar-refractivity contribution in [1.29, 1.82) is 5.26 Å². The predicted octanol–water partition coefficient (Wildman–Crippen LogP) is 3.41. The smallest absolute Gasteiger partial charge is 0.138 e. The molecule has 0 radical (unpaired) electrons. The number of nitriles is 1. The molecule has 0 aliphatic rings. The second-order valence-electron chi connectivity index (χ2n) is 2.67. The lowest BCUT2D eigenvalue weighted by Crippen LogP contribution is -1.74. The Hall–Kier alpha value is -1.46. The zero-order valence-electron chi connectivity index (χ0n) is 6.90. The van der Waals surface area contributed by atoms with Crippen molar-refractivity contribution in [3.63, 3.8) is 0 Å². The molecule has 1 nitrogen and oxygen atoms in total. The summed E-state index contributed by atoms with van der Waals surface area (Å²) in [5.74, 6) is 0. The van der Waals surface area contributed by atoms with Crippen LogP contribution in [0, 0.1) is 10.7 Å². The summed E-state index contributed by atoms with van der Waals surface area (Å²) in [6, 6.07) is 14.1. The highest BCUT2D eigenvalue weighted by atomic mass is 32.2. The van der Waals surface area contributed by atoms with Crippen LogP contribution in [0.4, 0.5) is 0 Å². The number of benzene rings is 2. The first-order chi connectivity index (χ1) is 6.42. The fourth-order valence-electron chi connectivity index (χ4n) is 1.33. The van der Waals surface area contributed by atoms with Crippen LogP contribution in [0.1, 0.15) is 0 Å². The largest absolute Gasteiger partial charge is 0.185 e. The molecule has 0 amide bonds. The Kier molecular flexibility index (Phi) is 2.20. The molecular formula is C11H7NS. The molecule has 0 N–H and O–H groups in total. The van der Waals surface area contributed by atoms with Gasteiger partial charge in [0.1, 0.15) is 5.40 Å². The van der Waals surface area contributed by atoms with E-state index >= 15 is 0 Å². The summed E-state index contributed by atoms with van der Waals surface area (Å²) in [4.78, 5) is 1.03. The molecule has 0 unspecified atom stereocenters. The maximum atomic E-state index is 8.59. The van der Waals surface area contributed by atoms with Gasteiger partial charge in [0, 0.05) is 4.90 Å². The average molecular weight is 185 g/mol. The van der Waals surface area contributed by atoms with Gasteiger partial charge >= 0.3 is 0 Å². The molecule has 0 spiro atoms. The topological polar surface area (TPSA) is 23.8 Å². The molecule has 2 aromatic carbocycles. The van der Waals surface area contributed by atoms with Crippen molar-refractivity contribution in [2.24, 2.45) is 0 Å². The Morgan fingerprint density at radius 3 is 2.62 bits per heavy atom. The summed E-state index contributed by atoms with van der Waals surface area (Å²) >= 11 is 1.21. The number of thiocyanates is 1. The molecule has 0 heterocycles. The lowest BCUT2D eigenvalue weighted by molar-refractivity contribution is 1.53. The monoisotopic (exact) mass is 185 g/mol.